The van der Waals surface area contributed by atoms with Crippen LogP contribution in [0.15, 0.2) is 27.3 Å². The van der Waals surface area contributed by atoms with Crippen molar-refractivity contribution in [1.29, 1.82) is 0 Å². The molecule has 0 unspecified atom stereocenters. The molecule has 5 nitrogen and oxygen atoms in total. The van der Waals surface area contributed by atoms with E-state index >= 15 is 0 Å². The van der Waals surface area contributed by atoms with E-state index in [0.29, 0.717) is 5.13 Å². The minimum absolute atomic E-state index is 0.0676. The van der Waals surface area contributed by atoms with Gasteiger partial charge in [0, 0.05) is 11.8 Å². The van der Waals surface area contributed by atoms with Gasteiger partial charge in [-0.2, -0.15) is 0 Å². The van der Waals surface area contributed by atoms with E-state index in [2.05, 4.69) is 10.3 Å². The number of thiazole rings is 1. The molecule has 1 aromatic carbocycles. The van der Waals surface area contributed by atoms with E-state index in [1.54, 1.807) is 11.8 Å². The number of aromatic nitrogens is 1. The maximum Gasteiger partial charge on any atom is 0.257 e. The Morgan fingerprint density at radius 3 is 2.64 bits per heavy atom. The van der Waals surface area contributed by atoms with Crippen molar-refractivity contribution < 1.29 is 13.2 Å². The van der Waals surface area contributed by atoms with Gasteiger partial charge in [-0.3, -0.25) is 10.1 Å². The number of anilines is 1. The number of rotatable bonds is 4. The number of carbonyl (C=O) groups is 1. The lowest BCUT2D eigenvalue weighted by molar-refractivity contribution is 0.102. The molecule has 0 aliphatic rings. The average molecular weight is 377 g/mol. The van der Waals surface area contributed by atoms with Crippen LogP contribution in [-0.2, 0) is 9.84 Å². The molecule has 2 rings (SSSR count). The third-order valence-corrected chi connectivity index (χ3v) is 6.61. The maximum atomic E-state index is 12.2. The third kappa shape index (κ3) is 3.81. The van der Waals surface area contributed by atoms with Gasteiger partial charge in [0.25, 0.3) is 5.91 Å². The summed E-state index contributed by atoms with van der Waals surface area (Å²) in [4.78, 5) is 16.4. The van der Waals surface area contributed by atoms with Crippen LogP contribution in [0.3, 0.4) is 0 Å². The van der Waals surface area contributed by atoms with Gasteiger partial charge in [0.05, 0.1) is 19.8 Å². The molecular formula is C13H13ClN2O3S3. The first-order chi connectivity index (χ1) is 10.2. The summed E-state index contributed by atoms with van der Waals surface area (Å²) in [6.07, 6.45) is 2.98. The second-order valence-electron chi connectivity index (χ2n) is 4.47. The molecule has 1 heterocycles. The summed E-state index contributed by atoms with van der Waals surface area (Å²) in [5.74, 6) is -0.428. The normalized spacial score (nSPS) is 11.5. The number of aryl methyl sites for hydroxylation is 1. The molecule has 0 spiro atoms. The summed E-state index contributed by atoms with van der Waals surface area (Å²) >= 11 is 8.79. The second kappa shape index (κ2) is 6.57. The van der Waals surface area contributed by atoms with Crippen molar-refractivity contribution in [2.45, 2.75) is 16.0 Å². The molecular weight excluding hydrogens is 364 g/mol. The highest BCUT2D eigenvalue weighted by molar-refractivity contribution is 8.00. The lowest BCUT2D eigenvalue weighted by Crippen LogP contribution is -2.12. The molecule has 0 fully saturated rings. The monoisotopic (exact) mass is 376 g/mol. The Labute approximate surface area is 142 Å². The number of nitrogens with one attached hydrogen (secondary N) is 1. The quantitative estimate of drug-likeness (QED) is 0.826. The summed E-state index contributed by atoms with van der Waals surface area (Å²) in [7, 11) is -3.50. The fourth-order valence-corrected chi connectivity index (χ4v) is 4.63. The number of amides is 1. The number of hydrogen-bond donors (Lipinski definition) is 1. The van der Waals surface area contributed by atoms with Crippen LogP contribution in [0.4, 0.5) is 5.13 Å². The Morgan fingerprint density at radius 2 is 2.09 bits per heavy atom. The Hall–Kier alpha value is -1.09. The zero-order chi connectivity index (χ0) is 16.5. The highest BCUT2D eigenvalue weighted by Gasteiger charge is 2.17. The van der Waals surface area contributed by atoms with Crippen LogP contribution in [-0.4, -0.2) is 31.8 Å². The van der Waals surface area contributed by atoms with E-state index in [1.165, 1.54) is 29.5 Å². The van der Waals surface area contributed by atoms with Crippen LogP contribution in [0.5, 0.6) is 0 Å². The number of nitrogens with zero attached hydrogens (tertiary/aromatic N) is 1. The van der Waals surface area contributed by atoms with Gasteiger partial charge >= 0.3 is 0 Å². The van der Waals surface area contributed by atoms with E-state index in [1.807, 2.05) is 13.2 Å². The lowest BCUT2D eigenvalue weighted by Gasteiger charge is -2.06. The fourth-order valence-electron chi connectivity index (χ4n) is 1.72. The molecule has 0 saturated heterocycles. The van der Waals surface area contributed by atoms with Gasteiger partial charge in [-0.1, -0.05) is 22.9 Å². The third-order valence-electron chi connectivity index (χ3n) is 2.75. The van der Waals surface area contributed by atoms with E-state index < -0.39 is 15.7 Å². The minimum Gasteiger partial charge on any atom is -0.298 e. The molecule has 22 heavy (non-hydrogen) atoms. The van der Waals surface area contributed by atoms with Crippen LogP contribution < -0.4 is 5.32 Å². The van der Waals surface area contributed by atoms with Crippen molar-refractivity contribution >= 4 is 55.6 Å². The van der Waals surface area contributed by atoms with E-state index in [4.69, 9.17) is 11.6 Å². The zero-order valence-electron chi connectivity index (χ0n) is 12.0. The number of hydrogen-bond acceptors (Lipinski definition) is 6. The molecule has 0 atom stereocenters. The van der Waals surface area contributed by atoms with Crippen LogP contribution in [0.2, 0.25) is 5.02 Å². The molecule has 1 N–H and O–H groups in total. The summed E-state index contributed by atoms with van der Waals surface area (Å²) in [5.41, 5.74) is 1.06. The first-order valence-electron chi connectivity index (χ1n) is 6.04. The molecule has 0 bridgehead atoms. The van der Waals surface area contributed by atoms with Crippen molar-refractivity contribution in [2.24, 2.45) is 0 Å². The van der Waals surface area contributed by atoms with Gasteiger partial charge in [-0.15, -0.1) is 11.8 Å². The number of thioether (sulfide) groups is 1. The van der Waals surface area contributed by atoms with Crippen LogP contribution in [0.25, 0.3) is 0 Å². The van der Waals surface area contributed by atoms with Crippen molar-refractivity contribution in [2.75, 3.05) is 17.8 Å². The van der Waals surface area contributed by atoms with Crippen molar-refractivity contribution in [3.05, 3.63) is 34.5 Å². The van der Waals surface area contributed by atoms with Gasteiger partial charge in [0.15, 0.2) is 15.0 Å². The highest BCUT2D eigenvalue weighted by Crippen LogP contribution is 2.30. The van der Waals surface area contributed by atoms with Gasteiger partial charge < -0.3 is 0 Å². The minimum atomic E-state index is -3.50. The topological polar surface area (TPSA) is 76.1 Å². The van der Waals surface area contributed by atoms with E-state index in [9.17, 15) is 13.2 Å². The van der Waals surface area contributed by atoms with E-state index in [-0.39, 0.29) is 15.5 Å². The first-order valence-corrected chi connectivity index (χ1v) is 10.4. The maximum absolute atomic E-state index is 12.2. The number of benzene rings is 1. The Bertz CT molecular complexity index is 831. The molecule has 118 valence electrons. The van der Waals surface area contributed by atoms with Crippen LogP contribution >= 0.6 is 34.7 Å². The molecule has 0 aliphatic heterocycles. The molecule has 0 aliphatic carbocycles. The smallest absolute Gasteiger partial charge is 0.257 e. The first kappa shape index (κ1) is 17.3. The summed E-state index contributed by atoms with van der Waals surface area (Å²) in [5, 5.41) is 3.24. The molecule has 0 saturated carbocycles. The molecule has 0 radical (unpaired) electrons. The van der Waals surface area contributed by atoms with Gasteiger partial charge in [-0.05, 0) is 31.4 Å². The largest absolute Gasteiger partial charge is 0.298 e. The standard InChI is InChI=1S/C13H13ClN2O3S3/c1-7-12(20-2)21-13(15-7)16-11(17)8-4-5-9(14)10(6-8)22(3,18)19/h4-6H,1-3H3,(H,15,16,17). The predicted molar refractivity (Wildman–Crippen MR) is 91.1 cm³/mol. The predicted octanol–water partition coefficient (Wildman–Crippen LogP) is 3.48. The van der Waals surface area contributed by atoms with Crippen molar-refractivity contribution in [3.8, 4) is 0 Å². The summed E-state index contributed by atoms with van der Waals surface area (Å²) in [6.45, 7) is 1.86. The van der Waals surface area contributed by atoms with E-state index in [0.717, 1.165) is 16.2 Å². The number of sulfone groups is 1. The van der Waals surface area contributed by atoms with Gasteiger partial charge in [-0.25, -0.2) is 13.4 Å². The SMILES string of the molecule is CSc1sc(NC(=O)c2ccc(Cl)c(S(C)(=O)=O)c2)nc1C. The molecule has 1 amide bonds. The Balaban J connectivity index is 2.30. The van der Waals surface area contributed by atoms with Gasteiger partial charge in [0.2, 0.25) is 0 Å². The van der Waals surface area contributed by atoms with Crippen molar-refractivity contribution in [1.82, 2.24) is 4.98 Å². The lowest BCUT2D eigenvalue weighted by atomic mass is 10.2. The average Bonchev–Trinajstić information content (AvgIpc) is 2.77. The Kier molecular flexibility index (Phi) is 5.16. The summed E-state index contributed by atoms with van der Waals surface area (Å²) < 4.78 is 24.3. The van der Waals surface area contributed by atoms with Crippen LogP contribution in [0, 0.1) is 6.92 Å². The van der Waals surface area contributed by atoms with Gasteiger partial charge in [0.1, 0.15) is 0 Å². The zero-order valence-corrected chi connectivity index (χ0v) is 15.2. The molecule has 9 heteroatoms. The highest BCUT2D eigenvalue weighted by atomic mass is 35.5. The number of halogens is 1. The van der Waals surface area contributed by atoms with Crippen LogP contribution in [0.1, 0.15) is 16.1 Å². The number of carbonyl (C=O) groups excluding carboxylic acids is 1. The van der Waals surface area contributed by atoms with Crippen molar-refractivity contribution in [3.63, 3.8) is 0 Å². The Morgan fingerprint density at radius 1 is 1.41 bits per heavy atom. The summed E-state index contributed by atoms with van der Waals surface area (Å²) in [6, 6.07) is 4.14. The fraction of sp³-hybridized carbons (Fsp3) is 0.231. The second-order valence-corrected chi connectivity index (χ2v) is 8.93. The molecule has 1 aromatic heterocycles. The molecule has 2 aromatic rings.